The highest BCUT2D eigenvalue weighted by Crippen LogP contribution is 2.17. The SMILES string of the molecule is CC(C)COC(CC(C)C)CC(C)C. The van der Waals surface area contributed by atoms with Crippen molar-refractivity contribution in [1.82, 2.24) is 0 Å². The minimum Gasteiger partial charge on any atom is -0.378 e. The Bertz CT molecular complexity index is 117. The van der Waals surface area contributed by atoms with E-state index >= 15 is 0 Å². The molecule has 0 spiro atoms. The highest BCUT2D eigenvalue weighted by atomic mass is 16.5. The fourth-order valence-corrected chi connectivity index (χ4v) is 1.61. The lowest BCUT2D eigenvalue weighted by molar-refractivity contribution is 0.0112. The van der Waals surface area contributed by atoms with Crippen molar-refractivity contribution in [3.8, 4) is 0 Å². The van der Waals surface area contributed by atoms with Crippen molar-refractivity contribution in [2.45, 2.75) is 60.5 Å². The Morgan fingerprint density at radius 1 is 0.714 bits per heavy atom. The maximum Gasteiger partial charge on any atom is 0.0580 e. The molecule has 0 atom stereocenters. The predicted octanol–water partition coefficient (Wildman–Crippen LogP) is 4.12. The average molecular weight is 200 g/mol. The van der Waals surface area contributed by atoms with Crippen LogP contribution in [0.5, 0.6) is 0 Å². The molecule has 0 radical (unpaired) electrons. The predicted molar refractivity (Wildman–Crippen MR) is 63.5 cm³/mol. The molecule has 0 aliphatic heterocycles. The Morgan fingerprint density at radius 3 is 1.43 bits per heavy atom. The zero-order valence-corrected chi connectivity index (χ0v) is 10.8. The number of hydrogen-bond acceptors (Lipinski definition) is 1. The van der Waals surface area contributed by atoms with Gasteiger partial charge in [-0.3, -0.25) is 0 Å². The highest BCUT2D eigenvalue weighted by molar-refractivity contribution is 4.63. The van der Waals surface area contributed by atoms with Crippen molar-refractivity contribution in [3.05, 3.63) is 0 Å². The molecule has 0 fully saturated rings. The molecule has 0 aliphatic carbocycles. The van der Waals surface area contributed by atoms with Gasteiger partial charge in [-0.05, 0) is 30.6 Å². The average Bonchev–Trinajstić information content (AvgIpc) is 1.97. The van der Waals surface area contributed by atoms with Crippen LogP contribution in [0.2, 0.25) is 0 Å². The number of rotatable bonds is 7. The molecule has 86 valence electrons. The summed E-state index contributed by atoms with van der Waals surface area (Å²) < 4.78 is 5.93. The summed E-state index contributed by atoms with van der Waals surface area (Å²) in [5, 5.41) is 0. The van der Waals surface area contributed by atoms with Gasteiger partial charge in [0.25, 0.3) is 0 Å². The zero-order chi connectivity index (χ0) is 11.1. The van der Waals surface area contributed by atoms with E-state index in [2.05, 4.69) is 41.5 Å². The summed E-state index contributed by atoms with van der Waals surface area (Å²) in [5.41, 5.74) is 0. The molecule has 0 aromatic rings. The summed E-state index contributed by atoms with van der Waals surface area (Å²) >= 11 is 0. The lowest BCUT2D eigenvalue weighted by Gasteiger charge is -2.22. The van der Waals surface area contributed by atoms with Crippen molar-refractivity contribution in [1.29, 1.82) is 0 Å². The zero-order valence-electron chi connectivity index (χ0n) is 10.8. The Hall–Kier alpha value is -0.0400. The van der Waals surface area contributed by atoms with E-state index in [-0.39, 0.29) is 0 Å². The molecule has 0 aromatic carbocycles. The third-order valence-corrected chi connectivity index (χ3v) is 2.13. The third-order valence-electron chi connectivity index (χ3n) is 2.13. The van der Waals surface area contributed by atoms with Gasteiger partial charge in [0.1, 0.15) is 0 Å². The first kappa shape index (κ1) is 14.0. The van der Waals surface area contributed by atoms with Crippen LogP contribution in [-0.4, -0.2) is 12.7 Å². The van der Waals surface area contributed by atoms with Crippen LogP contribution in [0.4, 0.5) is 0 Å². The van der Waals surface area contributed by atoms with E-state index in [0.29, 0.717) is 12.0 Å². The van der Waals surface area contributed by atoms with Gasteiger partial charge in [0.05, 0.1) is 6.10 Å². The second-order valence-electron chi connectivity index (χ2n) is 5.61. The minimum atomic E-state index is 0.470. The quantitative estimate of drug-likeness (QED) is 0.600. The standard InChI is InChI=1S/C13H28O/c1-10(2)7-13(8-11(3)4)14-9-12(5)6/h10-13H,7-9H2,1-6H3. The molecular weight excluding hydrogens is 172 g/mol. The first-order chi connectivity index (χ1) is 6.41. The molecular formula is C13H28O. The van der Waals surface area contributed by atoms with Crippen LogP contribution < -0.4 is 0 Å². The van der Waals surface area contributed by atoms with E-state index in [0.717, 1.165) is 18.4 Å². The first-order valence-electron chi connectivity index (χ1n) is 6.03. The molecule has 0 N–H and O–H groups in total. The van der Waals surface area contributed by atoms with E-state index in [4.69, 9.17) is 4.74 Å². The lowest BCUT2D eigenvalue weighted by Crippen LogP contribution is -2.20. The first-order valence-corrected chi connectivity index (χ1v) is 6.03. The molecule has 0 rings (SSSR count). The van der Waals surface area contributed by atoms with Gasteiger partial charge in [0.2, 0.25) is 0 Å². The van der Waals surface area contributed by atoms with Crippen LogP contribution in [-0.2, 0) is 4.74 Å². The summed E-state index contributed by atoms with van der Waals surface area (Å²) in [6.45, 7) is 14.4. The topological polar surface area (TPSA) is 9.23 Å². The van der Waals surface area contributed by atoms with Gasteiger partial charge in [0.15, 0.2) is 0 Å². The van der Waals surface area contributed by atoms with E-state index in [9.17, 15) is 0 Å². The summed E-state index contributed by atoms with van der Waals surface area (Å²) in [7, 11) is 0. The van der Waals surface area contributed by atoms with Crippen LogP contribution in [0.25, 0.3) is 0 Å². The molecule has 1 heteroatoms. The van der Waals surface area contributed by atoms with Crippen LogP contribution in [0.1, 0.15) is 54.4 Å². The third kappa shape index (κ3) is 8.55. The summed E-state index contributed by atoms with van der Waals surface area (Å²) in [5.74, 6) is 2.13. The fraction of sp³-hybridized carbons (Fsp3) is 1.00. The second-order valence-corrected chi connectivity index (χ2v) is 5.61. The normalized spacial score (nSPS) is 12.4. The molecule has 0 aliphatic rings. The fourth-order valence-electron chi connectivity index (χ4n) is 1.61. The van der Waals surface area contributed by atoms with E-state index in [1.54, 1.807) is 0 Å². The van der Waals surface area contributed by atoms with Crippen molar-refractivity contribution in [3.63, 3.8) is 0 Å². The molecule has 14 heavy (non-hydrogen) atoms. The van der Waals surface area contributed by atoms with Crippen LogP contribution >= 0.6 is 0 Å². The van der Waals surface area contributed by atoms with Gasteiger partial charge in [-0.1, -0.05) is 41.5 Å². The highest BCUT2D eigenvalue weighted by Gasteiger charge is 2.13. The van der Waals surface area contributed by atoms with Crippen molar-refractivity contribution in [2.24, 2.45) is 17.8 Å². The molecule has 0 heterocycles. The maximum absolute atomic E-state index is 5.93. The van der Waals surface area contributed by atoms with Crippen LogP contribution in [0.3, 0.4) is 0 Å². The van der Waals surface area contributed by atoms with Crippen molar-refractivity contribution >= 4 is 0 Å². The van der Waals surface area contributed by atoms with Gasteiger partial charge < -0.3 is 4.74 Å². The van der Waals surface area contributed by atoms with E-state index in [1.165, 1.54) is 12.8 Å². The summed E-state index contributed by atoms with van der Waals surface area (Å²) in [6, 6.07) is 0. The van der Waals surface area contributed by atoms with Crippen molar-refractivity contribution < 1.29 is 4.74 Å². The maximum atomic E-state index is 5.93. The monoisotopic (exact) mass is 200 g/mol. The lowest BCUT2D eigenvalue weighted by atomic mass is 9.98. The van der Waals surface area contributed by atoms with Gasteiger partial charge >= 0.3 is 0 Å². The Kier molecular flexibility index (Phi) is 7.26. The minimum absolute atomic E-state index is 0.470. The van der Waals surface area contributed by atoms with Crippen molar-refractivity contribution in [2.75, 3.05) is 6.61 Å². The molecule has 0 saturated carbocycles. The summed E-state index contributed by atoms with van der Waals surface area (Å²) in [6.07, 6.45) is 2.87. The molecule has 0 saturated heterocycles. The van der Waals surface area contributed by atoms with Gasteiger partial charge in [0, 0.05) is 6.61 Å². The van der Waals surface area contributed by atoms with Gasteiger partial charge in [-0.2, -0.15) is 0 Å². The van der Waals surface area contributed by atoms with Gasteiger partial charge in [-0.25, -0.2) is 0 Å². The molecule has 1 nitrogen and oxygen atoms in total. The molecule has 0 bridgehead atoms. The molecule has 0 amide bonds. The number of ether oxygens (including phenoxy) is 1. The van der Waals surface area contributed by atoms with Crippen LogP contribution in [0, 0.1) is 17.8 Å². The summed E-state index contributed by atoms with van der Waals surface area (Å²) in [4.78, 5) is 0. The Balaban J connectivity index is 3.84. The Labute approximate surface area is 90.2 Å². The molecule has 0 unspecified atom stereocenters. The van der Waals surface area contributed by atoms with Crippen LogP contribution in [0.15, 0.2) is 0 Å². The smallest absolute Gasteiger partial charge is 0.0580 e. The number of hydrogen-bond donors (Lipinski definition) is 0. The largest absolute Gasteiger partial charge is 0.378 e. The Morgan fingerprint density at radius 2 is 1.14 bits per heavy atom. The van der Waals surface area contributed by atoms with E-state index < -0.39 is 0 Å². The second kappa shape index (κ2) is 7.28. The molecule has 0 aromatic heterocycles. The van der Waals surface area contributed by atoms with Gasteiger partial charge in [-0.15, -0.1) is 0 Å². The van der Waals surface area contributed by atoms with E-state index in [1.807, 2.05) is 0 Å².